The Labute approximate surface area is 80.1 Å². The molecule has 0 aromatic carbocycles. The molecule has 0 heterocycles. The maximum absolute atomic E-state index is 10.7. The number of carbonyl (C=O) groups is 1. The third kappa shape index (κ3) is 8.57. The number of halogens is 1. The predicted molar refractivity (Wildman–Crippen MR) is 42.4 cm³/mol. The van der Waals surface area contributed by atoms with Gasteiger partial charge in [-0.25, -0.2) is 0 Å². The van der Waals surface area contributed by atoms with Crippen LogP contribution in [0.4, 0.5) is 4.79 Å². The summed E-state index contributed by atoms with van der Waals surface area (Å²) >= 11 is -0.973. The fraction of sp³-hybridized carbons (Fsp3) is 0.833. The van der Waals surface area contributed by atoms with Gasteiger partial charge in [-0.15, -0.1) is 17.0 Å². The van der Waals surface area contributed by atoms with Gasteiger partial charge >= 0.3 is 63.1 Å². The minimum atomic E-state index is -0.973. The van der Waals surface area contributed by atoms with Gasteiger partial charge in [0.05, 0.1) is 0 Å². The van der Waals surface area contributed by atoms with Crippen LogP contribution in [-0.4, -0.2) is 10.2 Å². The SMILES string of the molecule is Br.[CH3][Zn][C](=O)OC(C)(C)C. The summed E-state index contributed by atoms with van der Waals surface area (Å²) in [7, 11) is 0. The number of ether oxygens (including phenoxy) is 1. The van der Waals surface area contributed by atoms with Crippen molar-refractivity contribution in [3.8, 4) is 0 Å². The van der Waals surface area contributed by atoms with Gasteiger partial charge in [-0.2, -0.15) is 0 Å². The molecule has 0 spiro atoms. The quantitative estimate of drug-likeness (QED) is 0.679. The number of hydrogen-bond donors (Lipinski definition) is 0. The molecule has 0 saturated carbocycles. The van der Waals surface area contributed by atoms with Gasteiger partial charge in [-0.3, -0.25) is 0 Å². The van der Waals surface area contributed by atoms with Gasteiger partial charge in [0.2, 0.25) is 0 Å². The van der Waals surface area contributed by atoms with Crippen molar-refractivity contribution < 1.29 is 26.7 Å². The van der Waals surface area contributed by atoms with Gasteiger partial charge in [0.15, 0.2) is 0 Å². The van der Waals surface area contributed by atoms with E-state index in [0.29, 0.717) is 0 Å². The van der Waals surface area contributed by atoms with E-state index < -0.39 is 17.1 Å². The molecule has 0 amide bonds. The van der Waals surface area contributed by atoms with E-state index in [-0.39, 0.29) is 27.1 Å². The van der Waals surface area contributed by atoms with Crippen molar-refractivity contribution in [1.82, 2.24) is 0 Å². The van der Waals surface area contributed by atoms with E-state index in [2.05, 4.69) is 0 Å². The molecule has 0 radical (unpaired) electrons. The summed E-state index contributed by atoms with van der Waals surface area (Å²) in [6.45, 7) is 5.68. The van der Waals surface area contributed by atoms with E-state index in [1.54, 1.807) is 0 Å². The van der Waals surface area contributed by atoms with Crippen LogP contribution in [-0.2, 0) is 21.9 Å². The van der Waals surface area contributed by atoms with E-state index in [0.717, 1.165) is 0 Å². The third-order valence-electron chi connectivity index (χ3n) is 0.709. The normalized spacial score (nSPS) is 9.20. The van der Waals surface area contributed by atoms with E-state index in [4.69, 9.17) is 4.74 Å². The van der Waals surface area contributed by atoms with E-state index in [1.165, 1.54) is 0 Å². The molecule has 0 N–H and O–H groups in total. The first-order valence-electron chi connectivity index (χ1n) is 3.17. The Hall–Kier alpha value is 0.573. The van der Waals surface area contributed by atoms with Crippen LogP contribution in [0.25, 0.3) is 0 Å². The first-order valence-corrected chi connectivity index (χ1v) is 7.62. The van der Waals surface area contributed by atoms with Crippen LogP contribution in [0.2, 0.25) is 5.52 Å². The maximum atomic E-state index is 10.7. The summed E-state index contributed by atoms with van der Waals surface area (Å²) in [6.07, 6.45) is 0. The molecule has 0 rings (SSSR count). The molecular weight excluding hydrogens is 249 g/mol. The van der Waals surface area contributed by atoms with Crippen molar-refractivity contribution in [2.45, 2.75) is 31.9 Å². The molecule has 10 heavy (non-hydrogen) atoms. The van der Waals surface area contributed by atoms with Crippen molar-refractivity contribution in [2.24, 2.45) is 0 Å². The molecule has 0 bridgehead atoms. The van der Waals surface area contributed by atoms with Crippen LogP contribution in [0.5, 0.6) is 0 Å². The zero-order valence-corrected chi connectivity index (χ0v) is 11.6. The molecule has 0 aliphatic carbocycles. The second kappa shape index (κ2) is 5.25. The number of hydrogen-bond acceptors (Lipinski definition) is 2. The predicted octanol–water partition coefficient (Wildman–Crippen LogP) is 2.63. The Kier molecular flexibility index (Phi) is 6.93. The second-order valence-electron chi connectivity index (χ2n) is 2.94. The van der Waals surface area contributed by atoms with Crippen molar-refractivity contribution in [3.05, 3.63) is 0 Å². The summed E-state index contributed by atoms with van der Waals surface area (Å²) in [5.41, 5.74) is 1.69. The third-order valence-corrected chi connectivity index (χ3v) is 2.22. The molecule has 0 fully saturated rings. The average molecular weight is 262 g/mol. The van der Waals surface area contributed by atoms with Crippen molar-refractivity contribution in [3.63, 3.8) is 0 Å². The van der Waals surface area contributed by atoms with Gasteiger partial charge in [-0.1, -0.05) is 0 Å². The van der Waals surface area contributed by atoms with Crippen molar-refractivity contribution >= 4 is 21.5 Å². The molecule has 0 atom stereocenters. The monoisotopic (exact) mass is 260 g/mol. The molecule has 0 saturated heterocycles. The van der Waals surface area contributed by atoms with Crippen LogP contribution >= 0.6 is 17.0 Å². The average Bonchev–Trinajstić information content (AvgIpc) is 1.62. The number of rotatable bonds is 1. The Morgan fingerprint density at radius 2 is 1.80 bits per heavy atom. The molecule has 0 aliphatic heterocycles. The van der Waals surface area contributed by atoms with Crippen molar-refractivity contribution in [1.29, 1.82) is 0 Å². The molecular formula is C6H13BrO2Zn. The first-order chi connectivity index (χ1) is 3.95. The Morgan fingerprint density at radius 1 is 1.40 bits per heavy atom. The summed E-state index contributed by atoms with van der Waals surface area (Å²) in [5, 5.41) is 0. The van der Waals surface area contributed by atoms with E-state index >= 15 is 0 Å². The summed E-state index contributed by atoms with van der Waals surface area (Å²) < 4.78 is 5.08. The van der Waals surface area contributed by atoms with Crippen LogP contribution in [0.1, 0.15) is 20.8 Å². The Morgan fingerprint density at radius 3 is 1.90 bits per heavy atom. The zero-order valence-electron chi connectivity index (χ0n) is 6.93. The van der Waals surface area contributed by atoms with Gasteiger partial charge in [0.1, 0.15) is 0 Å². The topological polar surface area (TPSA) is 26.3 Å². The fourth-order valence-electron chi connectivity index (χ4n) is 0.414. The second-order valence-corrected chi connectivity index (χ2v) is 5.63. The van der Waals surface area contributed by atoms with Gasteiger partial charge in [0.25, 0.3) is 0 Å². The Balaban J connectivity index is 0. The molecule has 4 heteroatoms. The molecule has 0 unspecified atom stereocenters. The molecule has 58 valence electrons. The molecule has 0 aromatic heterocycles. The standard InChI is InChI=1S/C5H9O2.CH3.BrH.Zn/c1-5(2,3)7-4-6;;;/h1-3H3;1H3;1H;. The molecule has 2 nitrogen and oxygen atoms in total. The van der Waals surface area contributed by atoms with E-state index in [9.17, 15) is 4.79 Å². The minimum absolute atomic E-state index is 0. The van der Waals surface area contributed by atoms with Gasteiger partial charge in [0, 0.05) is 0 Å². The van der Waals surface area contributed by atoms with Gasteiger partial charge < -0.3 is 0 Å². The zero-order chi connectivity index (χ0) is 7.49. The fourth-order valence-corrected chi connectivity index (χ4v) is 1.63. The molecule has 0 aromatic rings. The molecule has 0 aliphatic rings. The van der Waals surface area contributed by atoms with Crippen LogP contribution in [0.3, 0.4) is 0 Å². The van der Waals surface area contributed by atoms with Crippen LogP contribution in [0, 0.1) is 0 Å². The van der Waals surface area contributed by atoms with E-state index in [1.807, 2.05) is 26.3 Å². The number of carbonyl (C=O) groups excluding carboxylic acids is 1. The Bertz CT molecular complexity index is 109. The van der Waals surface area contributed by atoms with Crippen LogP contribution in [0.15, 0.2) is 0 Å². The summed E-state index contributed by atoms with van der Waals surface area (Å²) in [6, 6.07) is 0. The van der Waals surface area contributed by atoms with Crippen molar-refractivity contribution in [2.75, 3.05) is 0 Å². The van der Waals surface area contributed by atoms with Gasteiger partial charge in [-0.05, 0) is 0 Å². The summed E-state index contributed by atoms with van der Waals surface area (Å²) in [5.74, 6) is 0. The van der Waals surface area contributed by atoms with Crippen LogP contribution < -0.4 is 0 Å². The summed E-state index contributed by atoms with van der Waals surface area (Å²) in [4.78, 5) is 10.7. The first kappa shape index (κ1) is 13.2.